The molecular weight excluding hydrogens is 188 g/mol. The second-order valence-corrected chi connectivity index (χ2v) is 4.12. The zero-order chi connectivity index (χ0) is 10.9. The van der Waals surface area contributed by atoms with Gasteiger partial charge < -0.3 is 9.84 Å². The average Bonchev–Trinajstić information content (AvgIpc) is 2.74. The number of aromatic nitrogens is 1. The van der Waals surface area contributed by atoms with E-state index in [1.54, 1.807) is 6.26 Å². The maximum Gasteiger partial charge on any atom is 0.124 e. The minimum Gasteiger partial charge on any atom is -0.364 e. The van der Waals surface area contributed by atoms with Crippen LogP contribution in [-0.2, 0) is 6.54 Å². The topological polar surface area (TPSA) is 38.1 Å². The van der Waals surface area contributed by atoms with E-state index < -0.39 is 0 Å². The zero-order valence-electron chi connectivity index (χ0n) is 9.83. The Balaban J connectivity index is 2.01. The molecule has 0 saturated heterocycles. The molecule has 0 bridgehead atoms. The van der Waals surface area contributed by atoms with Crippen LogP contribution in [0.15, 0.2) is 16.9 Å². The van der Waals surface area contributed by atoms with Crippen molar-refractivity contribution >= 4 is 0 Å². The molecule has 0 aliphatic carbocycles. The second-order valence-electron chi connectivity index (χ2n) is 4.12. The second kappa shape index (κ2) is 7.46. The van der Waals surface area contributed by atoms with Crippen LogP contribution < -0.4 is 5.32 Å². The lowest BCUT2D eigenvalue weighted by Gasteiger charge is -2.11. The van der Waals surface area contributed by atoms with E-state index in [-0.39, 0.29) is 0 Å². The van der Waals surface area contributed by atoms with E-state index in [0.29, 0.717) is 6.04 Å². The Labute approximate surface area is 92.2 Å². The lowest BCUT2D eigenvalue weighted by molar-refractivity contribution is 0.402. The summed E-state index contributed by atoms with van der Waals surface area (Å²) in [6.45, 7) is 5.28. The summed E-state index contributed by atoms with van der Waals surface area (Å²) in [6.07, 6.45) is 8.20. The van der Waals surface area contributed by atoms with Crippen LogP contribution in [0, 0.1) is 0 Å². The Bertz CT molecular complexity index is 234. The van der Waals surface area contributed by atoms with E-state index in [2.05, 4.69) is 24.3 Å². The maximum atomic E-state index is 4.77. The molecule has 1 unspecified atom stereocenters. The summed E-state index contributed by atoms with van der Waals surface area (Å²) >= 11 is 0. The van der Waals surface area contributed by atoms with Gasteiger partial charge >= 0.3 is 0 Å². The van der Waals surface area contributed by atoms with Gasteiger partial charge in [0.15, 0.2) is 0 Å². The third-order valence-corrected chi connectivity index (χ3v) is 2.61. The molecule has 0 aromatic carbocycles. The SMILES string of the molecule is CCCCCCC(C)NCc1ccon1. The number of nitrogens with one attached hydrogen (secondary N) is 1. The molecule has 0 spiro atoms. The molecule has 1 aromatic rings. The average molecular weight is 210 g/mol. The van der Waals surface area contributed by atoms with Gasteiger partial charge in [-0.2, -0.15) is 0 Å². The summed E-state index contributed by atoms with van der Waals surface area (Å²) in [4.78, 5) is 0. The standard InChI is InChI=1S/C12H22N2O/c1-3-4-5-6-7-11(2)13-10-12-8-9-15-14-12/h8-9,11,13H,3-7,10H2,1-2H3. The monoisotopic (exact) mass is 210 g/mol. The molecule has 0 aliphatic heterocycles. The van der Waals surface area contributed by atoms with Crippen molar-refractivity contribution in [1.82, 2.24) is 10.5 Å². The van der Waals surface area contributed by atoms with Crippen molar-refractivity contribution in [3.63, 3.8) is 0 Å². The molecule has 0 radical (unpaired) electrons. The molecular formula is C12H22N2O. The normalized spacial score (nSPS) is 12.9. The van der Waals surface area contributed by atoms with E-state index in [9.17, 15) is 0 Å². The van der Waals surface area contributed by atoms with Gasteiger partial charge in [0.2, 0.25) is 0 Å². The summed E-state index contributed by atoms with van der Waals surface area (Å²) in [5.74, 6) is 0. The molecule has 15 heavy (non-hydrogen) atoms. The molecule has 1 atom stereocenters. The molecule has 1 aromatic heterocycles. The van der Waals surface area contributed by atoms with Crippen molar-refractivity contribution in [2.24, 2.45) is 0 Å². The predicted molar refractivity (Wildman–Crippen MR) is 61.6 cm³/mol. The maximum absolute atomic E-state index is 4.77. The summed E-state index contributed by atoms with van der Waals surface area (Å²) in [7, 11) is 0. The smallest absolute Gasteiger partial charge is 0.124 e. The van der Waals surface area contributed by atoms with Crippen molar-refractivity contribution < 1.29 is 4.52 Å². The van der Waals surface area contributed by atoms with Crippen LogP contribution in [0.4, 0.5) is 0 Å². The Morgan fingerprint density at radius 2 is 2.27 bits per heavy atom. The van der Waals surface area contributed by atoms with Crippen LogP contribution in [0.5, 0.6) is 0 Å². The van der Waals surface area contributed by atoms with Gasteiger partial charge in [-0.1, -0.05) is 37.8 Å². The Kier molecular flexibility index (Phi) is 6.09. The summed E-state index contributed by atoms with van der Waals surface area (Å²) < 4.78 is 4.77. The molecule has 3 nitrogen and oxygen atoms in total. The van der Waals surface area contributed by atoms with Crippen molar-refractivity contribution in [3.8, 4) is 0 Å². The predicted octanol–water partition coefficient (Wildman–Crippen LogP) is 3.12. The van der Waals surface area contributed by atoms with Gasteiger partial charge in [-0.05, 0) is 13.3 Å². The lowest BCUT2D eigenvalue weighted by Crippen LogP contribution is -2.25. The first-order valence-electron chi connectivity index (χ1n) is 5.95. The number of nitrogens with zero attached hydrogens (tertiary/aromatic N) is 1. The molecule has 0 aliphatic rings. The summed E-state index contributed by atoms with van der Waals surface area (Å²) in [5.41, 5.74) is 0.982. The largest absolute Gasteiger partial charge is 0.364 e. The molecule has 1 rings (SSSR count). The van der Waals surface area contributed by atoms with Crippen LogP contribution in [0.1, 0.15) is 51.6 Å². The number of unbranched alkanes of at least 4 members (excludes halogenated alkanes) is 3. The highest BCUT2D eigenvalue weighted by molar-refractivity contribution is 4.94. The number of hydrogen-bond donors (Lipinski definition) is 1. The molecule has 86 valence electrons. The van der Waals surface area contributed by atoms with E-state index in [1.165, 1.54) is 32.1 Å². The van der Waals surface area contributed by atoms with Gasteiger partial charge in [-0.25, -0.2) is 0 Å². The Morgan fingerprint density at radius 1 is 1.40 bits per heavy atom. The minimum atomic E-state index is 0.568. The van der Waals surface area contributed by atoms with Crippen molar-refractivity contribution in [2.75, 3.05) is 0 Å². The third kappa shape index (κ3) is 5.57. The first-order chi connectivity index (χ1) is 7.33. The van der Waals surface area contributed by atoms with E-state index in [4.69, 9.17) is 4.52 Å². The molecule has 0 saturated carbocycles. The first-order valence-corrected chi connectivity index (χ1v) is 5.95. The highest BCUT2D eigenvalue weighted by atomic mass is 16.5. The fourth-order valence-electron chi connectivity index (χ4n) is 1.59. The minimum absolute atomic E-state index is 0.568. The van der Waals surface area contributed by atoms with Gasteiger partial charge in [0.25, 0.3) is 0 Å². The van der Waals surface area contributed by atoms with Crippen LogP contribution >= 0.6 is 0 Å². The lowest BCUT2D eigenvalue weighted by atomic mass is 10.1. The van der Waals surface area contributed by atoms with Gasteiger partial charge in [-0.3, -0.25) is 0 Å². The fraction of sp³-hybridized carbons (Fsp3) is 0.750. The highest BCUT2D eigenvalue weighted by Crippen LogP contribution is 2.05. The quantitative estimate of drug-likeness (QED) is 0.670. The fourth-order valence-corrected chi connectivity index (χ4v) is 1.59. The molecule has 0 fully saturated rings. The van der Waals surface area contributed by atoms with Crippen LogP contribution in [-0.4, -0.2) is 11.2 Å². The summed E-state index contributed by atoms with van der Waals surface area (Å²) in [6, 6.07) is 2.47. The molecule has 1 N–H and O–H groups in total. The van der Waals surface area contributed by atoms with Crippen molar-refractivity contribution in [2.45, 2.75) is 58.5 Å². The molecule has 3 heteroatoms. The van der Waals surface area contributed by atoms with E-state index in [0.717, 1.165) is 12.2 Å². The molecule has 1 heterocycles. The number of hydrogen-bond acceptors (Lipinski definition) is 3. The Hall–Kier alpha value is -0.830. The highest BCUT2D eigenvalue weighted by Gasteiger charge is 2.02. The van der Waals surface area contributed by atoms with Crippen LogP contribution in [0.25, 0.3) is 0 Å². The zero-order valence-corrected chi connectivity index (χ0v) is 9.83. The van der Waals surface area contributed by atoms with Crippen molar-refractivity contribution in [1.29, 1.82) is 0 Å². The Morgan fingerprint density at radius 3 is 2.93 bits per heavy atom. The van der Waals surface area contributed by atoms with Gasteiger partial charge in [0, 0.05) is 18.7 Å². The van der Waals surface area contributed by atoms with Gasteiger partial charge in [0.1, 0.15) is 6.26 Å². The van der Waals surface area contributed by atoms with Crippen molar-refractivity contribution in [3.05, 3.63) is 18.0 Å². The first kappa shape index (κ1) is 12.2. The number of rotatable bonds is 8. The van der Waals surface area contributed by atoms with Gasteiger partial charge in [-0.15, -0.1) is 0 Å². The third-order valence-electron chi connectivity index (χ3n) is 2.61. The van der Waals surface area contributed by atoms with Crippen LogP contribution in [0.3, 0.4) is 0 Å². The molecule has 0 amide bonds. The van der Waals surface area contributed by atoms with Crippen LogP contribution in [0.2, 0.25) is 0 Å². The van der Waals surface area contributed by atoms with E-state index in [1.807, 2.05) is 6.07 Å². The van der Waals surface area contributed by atoms with E-state index >= 15 is 0 Å². The van der Waals surface area contributed by atoms with Gasteiger partial charge in [0.05, 0.1) is 5.69 Å². The summed E-state index contributed by atoms with van der Waals surface area (Å²) in [5, 5.41) is 7.30.